The summed E-state index contributed by atoms with van der Waals surface area (Å²) >= 11 is 1.49. The summed E-state index contributed by atoms with van der Waals surface area (Å²) in [6, 6.07) is 9.32. The summed E-state index contributed by atoms with van der Waals surface area (Å²) < 4.78 is 1.67. The number of hydrogen-bond donors (Lipinski definition) is 2. The molecule has 0 aliphatic heterocycles. The average Bonchev–Trinajstić information content (AvgIpc) is 2.92. The Bertz CT molecular complexity index is 558. The summed E-state index contributed by atoms with van der Waals surface area (Å²) in [7, 11) is 1.72. The molecule has 2 rings (SSSR count). The van der Waals surface area contributed by atoms with Gasteiger partial charge >= 0.3 is 0 Å². The van der Waals surface area contributed by atoms with Crippen LogP contribution < -0.4 is 11.1 Å². The molecule has 3 N–H and O–H groups in total. The lowest BCUT2D eigenvalue weighted by Gasteiger charge is -2.11. The minimum atomic E-state index is -0.351. The second-order valence-electron chi connectivity index (χ2n) is 4.09. The highest BCUT2D eigenvalue weighted by molar-refractivity contribution is 7.99. The molecule has 0 saturated heterocycles. The van der Waals surface area contributed by atoms with Crippen LogP contribution in [0.2, 0.25) is 0 Å². The SMILES string of the molecule is CNC(CCSc1nnnn1-c1ccccc1)C(N)=O. The number of nitrogens with one attached hydrogen (secondary N) is 1. The van der Waals surface area contributed by atoms with Crippen molar-refractivity contribution < 1.29 is 4.79 Å². The number of benzene rings is 1. The number of carbonyl (C=O) groups excluding carboxylic acids is 1. The van der Waals surface area contributed by atoms with Crippen LogP contribution in [0.4, 0.5) is 0 Å². The van der Waals surface area contributed by atoms with E-state index in [1.54, 1.807) is 11.7 Å². The number of para-hydroxylation sites is 1. The van der Waals surface area contributed by atoms with E-state index in [1.807, 2.05) is 30.3 Å². The second-order valence-corrected chi connectivity index (χ2v) is 5.15. The zero-order valence-electron chi connectivity index (χ0n) is 11.1. The Morgan fingerprint density at radius 1 is 1.45 bits per heavy atom. The van der Waals surface area contributed by atoms with Gasteiger partial charge in [0, 0.05) is 5.75 Å². The van der Waals surface area contributed by atoms with Crippen LogP contribution in [0, 0.1) is 0 Å². The third kappa shape index (κ3) is 3.55. The standard InChI is InChI=1S/C12H16N6OS/c1-14-10(11(13)19)7-8-20-12-15-16-17-18(12)9-5-3-2-4-6-9/h2-6,10,14H,7-8H2,1H3,(H2,13,19). The topological polar surface area (TPSA) is 98.7 Å². The quantitative estimate of drug-likeness (QED) is 0.708. The Morgan fingerprint density at radius 2 is 2.20 bits per heavy atom. The highest BCUT2D eigenvalue weighted by Gasteiger charge is 2.14. The predicted molar refractivity (Wildman–Crippen MR) is 76.5 cm³/mol. The molecule has 0 aliphatic rings. The lowest BCUT2D eigenvalue weighted by atomic mass is 10.2. The normalized spacial score (nSPS) is 12.2. The molecule has 1 aromatic carbocycles. The molecule has 1 heterocycles. The lowest BCUT2D eigenvalue weighted by molar-refractivity contribution is -0.119. The Labute approximate surface area is 120 Å². The fourth-order valence-corrected chi connectivity index (χ4v) is 2.59. The van der Waals surface area contributed by atoms with Crippen molar-refractivity contribution in [3.8, 4) is 5.69 Å². The molecule has 7 nitrogen and oxygen atoms in total. The summed E-state index contributed by atoms with van der Waals surface area (Å²) in [5.41, 5.74) is 6.17. The van der Waals surface area contributed by atoms with E-state index in [9.17, 15) is 4.79 Å². The van der Waals surface area contributed by atoms with Crippen molar-refractivity contribution >= 4 is 17.7 Å². The van der Waals surface area contributed by atoms with Gasteiger partial charge in [-0.1, -0.05) is 30.0 Å². The first-order chi connectivity index (χ1) is 9.72. The van der Waals surface area contributed by atoms with Gasteiger partial charge in [0.15, 0.2) is 0 Å². The largest absolute Gasteiger partial charge is 0.368 e. The number of rotatable bonds is 7. The third-order valence-electron chi connectivity index (χ3n) is 2.77. The average molecular weight is 292 g/mol. The van der Waals surface area contributed by atoms with Crippen molar-refractivity contribution in [3.05, 3.63) is 30.3 Å². The summed E-state index contributed by atoms with van der Waals surface area (Å²) in [5, 5.41) is 15.2. The molecule has 0 saturated carbocycles. The fourth-order valence-electron chi connectivity index (χ4n) is 1.70. The van der Waals surface area contributed by atoms with Gasteiger partial charge in [0.25, 0.3) is 0 Å². The van der Waals surface area contributed by atoms with Crippen molar-refractivity contribution in [2.24, 2.45) is 5.73 Å². The van der Waals surface area contributed by atoms with Crippen LogP contribution in [0.15, 0.2) is 35.5 Å². The van der Waals surface area contributed by atoms with Crippen LogP contribution in [-0.4, -0.2) is 45.0 Å². The van der Waals surface area contributed by atoms with Crippen molar-refractivity contribution in [1.29, 1.82) is 0 Å². The van der Waals surface area contributed by atoms with E-state index in [2.05, 4.69) is 20.8 Å². The number of primary amides is 1. The number of thioether (sulfide) groups is 1. The van der Waals surface area contributed by atoms with Crippen molar-refractivity contribution in [3.63, 3.8) is 0 Å². The summed E-state index contributed by atoms with van der Waals surface area (Å²) in [4.78, 5) is 11.1. The van der Waals surface area contributed by atoms with E-state index < -0.39 is 0 Å². The number of hydrogen-bond acceptors (Lipinski definition) is 6. The van der Waals surface area contributed by atoms with Gasteiger partial charge in [-0.25, -0.2) is 0 Å². The first-order valence-electron chi connectivity index (χ1n) is 6.15. The number of likely N-dealkylation sites (N-methyl/N-ethyl adjacent to an activating group) is 1. The fraction of sp³-hybridized carbons (Fsp3) is 0.333. The maximum Gasteiger partial charge on any atom is 0.234 e. The maximum atomic E-state index is 11.1. The molecule has 1 aromatic heterocycles. The van der Waals surface area contributed by atoms with Gasteiger partial charge in [0.1, 0.15) is 0 Å². The molecular weight excluding hydrogens is 276 g/mol. The van der Waals surface area contributed by atoms with E-state index >= 15 is 0 Å². The predicted octanol–water partition coefficient (Wildman–Crippen LogP) is 0.218. The highest BCUT2D eigenvalue weighted by atomic mass is 32.2. The Hall–Kier alpha value is -1.93. The molecule has 0 aliphatic carbocycles. The number of carbonyl (C=O) groups is 1. The monoisotopic (exact) mass is 292 g/mol. The molecule has 2 aromatic rings. The van der Waals surface area contributed by atoms with Gasteiger partial charge in [0.05, 0.1) is 11.7 Å². The van der Waals surface area contributed by atoms with Crippen molar-refractivity contribution in [1.82, 2.24) is 25.5 Å². The first-order valence-corrected chi connectivity index (χ1v) is 7.14. The number of amides is 1. The number of aromatic nitrogens is 4. The van der Waals surface area contributed by atoms with Gasteiger partial charge in [-0.05, 0) is 36.0 Å². The third-order valence-corrected chi connectivity index (χ3v) is 3.72. The number of nitrogens with zero attached hydrogens (tertiary/aromatic N) is 4. The Kier molecular flexibility index (Phi) is 5.08. The van der Waals surface area contributed by atoms with Crippen LogP contribution in [0.5, 0.6) is 0 Å². The van der Waals surface area contributed by atoms with E-state index in [1.165, 1.54) is 11.8 Å². The van der Waals surface area contributed by atoms with Crippen LogP contribution in [0.25, 0.3) is 5.69 Å². The first kappa shape index (κ1) is 14.5. The molecule has 0 bridgehead atoms. The van der Waals surface area contributed by atoms with E-state index in [0.717, 1.165) is 5.69 Å². The lowest BCUT2D eigenvalue weighted by Crippen LogP contribution is -2.39. The van der Waals surface area contributed by atoms with E-state index in [0.29, 0.717) is 17.3 Å². The second kappa shape index (κ2) is 7.01. The number of nitrogens with two attached hydrogens (primary N) is 1. The molecular formula is C12H16N6OS. The molecule has 20 heavy (non-hydrogen) atoms. The van der Waals surface area contributed by atoms with Crippen molar-refractivity contribution in [2.45, 2.75) is 17.6 Å². The van der Waals surface area contributed by atoms with E-state index in [-0.39, 0.29) is 11.9 Å². The maximum absolute atomic E-state index is 11.1. The smallest absolute Gasteiger partial charge is 0.234 e. The van der Waals surface area contributed by atoms with Gasteiger partial charge in [-0.2, -0.15) is 4.68 Å². The van der Waals surface area contributed by atoms with E-state index in [4.69, 9.17) is 5.73 Å². The molecule has 0 spiro atoms. The Balaban J connectivity index is 1.98. The molecule has 1 amide bonds. The van der Waals surface area contributed by atoms with Gasteiger partial charge in [-0.3, -0.25) is 4.79 Å². The molecule has 8 heteroatoms. The van der Waals surface area contributed by atoms with Gasteiger partial charge in [0.2, 0.25) is 11.1 Å². The summed E-state index contributed by atoms with van der Waals surface area (Å²) in [5.74, 6) is 0.345. The molecule has 0 radical (unpaired) electrons. The number of tetrazole rings is 1. The van der Waals surface area contributed by atoms with Gasteiger partial charge in [-0.15, -0.1) is 5.10 Å². The summed E-state index contributed by atoms with van der Waals surface area (Å²) in [6.45, 7) is 0. The van der Waals surface area contributed by atoms with Crippen LogP contribution in [-0.2, 0) is 4.79 Å². The summed E-state index contributed by atoms with van der Waals surface area (Å²) in [6.07, 6.45) is 0.623. The van der Waals surface area contributed by atoms with Gasteiger partial charge < -0.3 is 11.1 Å². The minimum Gasteiger partial charge on any atom is -0.368 e. The van der Waals surface area contributed by atoms with Crippen LogP contribution >= 0.6 is 11.8 Å². The molecule has 106 valence electrons. The molecule has 0 fully saturated rings. The molecule has 1 unspecified atom stereocenters. The minimum absolute atomic E-state index is 0.330. The highest BCUT2D eigenvalue weighted by Crippen LogP contribution is 2.19. The zero-order valence-corrected chi connectivity index (χ0v) is 11.9. The van der Waals surface area contributed by atoms with Crippen molar-refractivity contribution in [2.75, 3.05) is 12.8 Å². The molecule has 1 atom stereocenters. The van der Waals surface area contributed by atoms with Crippen LogP contribution in [0.1, 0.15) is 6.42 Å². The van der Waals surface area contributed by atoms with Crippen LogP contribution in [0.3, 0.4) is 0 Å². The Morgan fingerprint density at radius 3 is 2.85 bits per heavy atom. The zero-order chi connectivity index (χ0) is 14.4.